The van der Waals surface area contributed by atoms with E-state index < -0.39 is 11.2 Å². The zero-order valence-corrected chi connectivity index (χ0v) is 13.8. The minimum Gasteiger partial charge on any atom is -0.496 e. The quantitative estimate of drug-likeness (QED) is 0.594. The van der Waals surface area contributed by atoms with Gasteiger partial charge >= 0.3 is 5.97 Å². The van der Waals surface area contributed by atoms with Gasteiger partial charge in [-0.25, -0.2) is 0 Å². The van der Waals surface area contributed by atoms with Gasteiger partial charge in [-0.3, -0.25) is 9.59 Å². The Bertz CT molecular complexity index is 663. The first-order chi connectivity index (χ1) is 10.5. The lowest BCUT2D eigenvalue weighted by Crippen LogP contribution is -2.26. The van der Waals surface area contributed by atoms with Crippen LogP contribution in [0.2, 0.25) is 0 Å². The molecule has 1 atom stereocenters. The molecule has 1 aliphatic rings. The van der Waals surface area contributed by atoms with Crippen LogP contribution in [0.1, 0.15) is 12.0 Å². The Morgan fingerprint density at radius 3 is 3.00 bits per heavy atom. The Labute approximate surface area is 139 Å². The van der Waals surface area contributed by atoms with Crippen LogP contribution in [-0.4, -0.2) is 40.7 Å². The van der Waals surface area contributed by atoms with Crippen molar-refractivity contribution in [3.63, 3.8) is 0 Å². The second-order valence-electron chi connectivity index (χ2n) is 4.24. The maximum atomic E-state index is 11.5. The van der Waals surface area contributed by atoms with Crippen LogP contribution in [0.15, 0.2) is 32.9 Å². The minimum absolute atomic E-state index is 0.245. The lowest BCUT2D eigenvalue weighted by Gasteiger charge is -2.02. The standard InChI is InChI=1S/C13H12BrN3O4S/c1-21-9-3-2-7(4-8(9)14)6-15-17-13-16-12(20)10(22-13)5-11(18)19/h2-4,6,10H,5H2,1H3,(H,18,19)(H,16,17,20)/b15-6-/t10-/m0/s1. The summed E-state index contributed by atoms with van der Waals surface area (Å²) in [6.45, 7) is 0. The molecule has 1 aliphatic heterocycles. The van der Waals surface area contributed by atoms with E-state index in [1.807, 2.05) is 6.07 Å². The van der Waals surface area contributed by atoms with Gasteiger partial charge in [-0.2, -0.15) is 5.10 Å². The number of nitrogens with one attached hydrogen (secondary N) is 1. The van der Waals surface area contributed by atoms with Crippen molar-refractivity contribution in [3.8, 4) is 5.75 Å². The van der Waals surface area contributed by atoms with Gasteiger partial charge in [0.2, 0.25) is 5.91 Å². The zero-order valence-electron chi connectivity index (χ0n) is 11.4. The fourth-order valence-electron chi connectivity index (χ4n) is 1.66. The number of nitrogens with zero attached hydrogens (tertiary/aromatic N) is 2. The molecule has 0 radical (unpaired) electrons. The van der Waals surface area contributed by atoms with E-state index in [0.29, 0.717) is 10.9 Å². The Morgan fingerprint density at radius 2 is 2.36 bits per heavy atom. The number of hydrogen-bond acceptors (Lipinski definition) is 6. The predicted molar refractivity (Wildman–Crippen MR) is 87.5 cm³/mol. The first-order valence-electron chi connectivity index (χ1n) is 6.13. The highest BCUT2D eigenvalue weighted by Crippen LogP contribution is 2.25. The largest absolute Gasteiger partial charge is 0.496 e. The van der Waals surface area contributed by atoms with Crippen LogP contribution >= 0.6 is 27.7 Å². The van der Waals surface area contributed by atoms with E-state index in [1.54, 1.807) is 19.2 Å². The molecule has 0 unspecified atom stereocenters. The van der Waals surface area contributed by atoms with Crippen LogP contribution in [0, 0.1) is 0 Å². The number of rotatable bonds is 5. The van der Waals surface area contributed by atoms with Crippen molar-refractivity contribution < 1.29 is 19.4 Å². The lowest BCUT2D eigenvalue weighted by molar-refractivity contribution is -0.138. The van der Waals surface area contributed by atoms with Crippen molar-refractivity contribution in [1.29, 1.82) is 0 Å². The minimum atomic E-state index is -1.03. The normalized spacial score (nSPS) is 19.6. The summed E-state index contributed by atoms with van der Waals surface area (Å²) in [6.07, 6.45) is 1.28. The average Bonchev–Trinajstić information content (AvgIpc) is 2.78. The molecule has 1 heterocycles. The Morgan fingerprint density at radius 1 is 1.59 bits per heavy atom. The third kappa shape index (κ3) is 4.31. The van der Waals surface area contributed by atoms with E-state index >= 15 is 0 Å². The molecule has 2 N–H and O–H groups in total. The summed E-state index contributed by atoms with van der Waals surface area (Å²) < 4.78 is 5.91. The molecule has 0 bridgehead atoms. The summed E-state index contributed by atoms with van der Waals surface area (Å²) in [4.78, 5) is 22.1. The predicted octanol–water partition coefficient (Wildman–Crippen LogP) is 1.85. The van der Waals surface area contributed by atoms with Crippen LogP contribution in [0.4, 0.5) is 0 Å². The summed E-state index contributed by atoms with van der Waals surface area (Å²) in [7, 11) is 1.58. The number of hydrogen-bond donors (Lipinski definition) is 2. The highest BCUT2D eigenvalue weighted by Gasteiger charge is 2.32. The summed E-state index contributed by atoms with van der Waals surface area (Å²) in [5.41, 5.74) is 0.799. The smallest absolute Gasteiger partial charge is 0.305 e. The highest BCUT2D eigenvalue weighted by atomic mass is 79.9. The van der Waals surface area contributed by atoms with Crippen molar-refractivity contribution >= 4 is 51.0 Å². The fraction of sp³-hybridized carbons (Fsp3) is 0.231. The molecule has 0 aliphatic carbocycles. The number of amidine groups is 1. The monoisotopic (exact) mass is 385 g/mol. The average molecular weight is 386 g/mol. The maximum absolute atomic E-state index is 11.5. The maximum Gasteiger partial charge on any atom is 0.305 e. The Hall–Kier alpha value is -1.87. The Balaban J connectivity index is 2.01. The second-order valence-corrected chi connectivity index (χ2v) is 6.28. The number of halogens is 1. The lowest BCUT2D eigenvalue weighted by atomic mass is 10.2. The third-order valence-corrected chi connectivity index (χ3v) is 4.36. The van der Waals surface area contributed by atoms with Gasteiger partial charge in [0.25, 0.3) is 0 Å². The number of aliphatic carboxylic acids is 1. The first-order valence-corrected chi connectivity index (χ1v) is 7.80. The van der Waals surface area contributed by atoms with E-state index in [1.165, 1.54) is 6.21 Å². The Kier molecular flexibility index (Phi) is 5.56. The molecule has 0 saturated carbocycles. The van der Waals surface area contributed by atoms with Crippen molar-refractivity contribution in [2.75, 3.05) is 7.11 Å². The zero-order chi connectivity index (χ0) is 16.1. The van der Waals surface area contributed by atoms with E-state index in [4.69, 9.17) is 9.84 Å². The van der Waals surface area contributed by atoms with Gasteiger partial charge in [0.05, 0.1) is 24.2 Å². The molecule has 0 spiro atoms. The SMILES string of the molecule is COc1ccc(/C=N\N=C2/NC(=O)[C@H](CC(=O)O)S2)cc1Br. The van der Waals surface area contributed by atoms with Crippen molar-refractivity contribution in [3.05, 3.63) is 28.2 Å². The van der Waals surface area contributed by atoms with Crippen molar-refractivity contribution in [2.24, 2.45) is 10.2 Å². The number of carbonyl (C=O) groups is 2. The van der Waals surface area contributed by atoms with E-state index in [0.717, 1.165) is 21.8 Å². The fourth-order valence-corrected chi connectivity index (χ4v) is 3.13. The van der Waals surface area contributed by atoms with E-state index in [-0.39, 0.29) is 12.3 Å². The molecule has 116 valence electrons. The van der Waals surface area contributed by atoms with Crippen LogP contribution in [0.25, 0.3) is 0 Å². The number of carboxylic acid groups (broad SMARTS) is 1. The summed E-state index contributed by atoms with van der Waals surface area (Å²) >= 11 is 4.42. The molecule has 9 heteroatoms. The number of benzene rings is 1. The summed E-state index contributed by atoms with van der Waals surface area (Å²) in [6, 6.07) is 5.41. The van der Waals surface area contributed by atoms with Gasteiger partial charge in [0.1, 0.15) is 11.0 Å². The molecular weight excluding hydrogens is 374 g/mol. The first kappa shape index (κ1) is 16.5. The molecule has 7 nitrogen and oxygen atoms in total. The van der Waals surface area contributed by atoms with Gasteiger partial charge in [-0.1, -0.05) is 11.8 Å². The molecule has 1 aromatic rings. The van der Waals surface area contributed by atoms with Crippen molar-refractivity contribution in [2.45, 2.75) is 11.7 Å². The van der Waals surface area contributed by atoms with Gasteiger partial charge in [-0.05, 0) is 39.7 Å². The number of carboxylic acids is 1. The van der Waals surface area contributed by atoms with Crippen LogP contribution in [0.5, 0.6) is 5.75 Å². The van der Waals surface area contributed by atoms with Crippen molar-refractivity contribution in [1.82, 2.24) is 5.32 Å². The number of methoxy groups -OCH3 is 1. The number of amides is 1. The number of thioether (sulfide) groups is 1. The van der Waals surface area contributed by atoms with Gasteiger partial charge < -0.3 is 15.2 Å². The third-order valence-electron chi connectivity index (χ3n) is 2.67. The van der Waals surface area contributed by atoms with Crippen LogP contribution in [-0.2, 0) is 9.59 Å². The topological polar surface area (TPSA) is 100 Å². The molecule has 1 amide bonds. The number of ether oxygens (including phenoxy) is 1. The number of carbonyl (C=O) groups excluding carboxylic acids is 1. The molecule has 1 aromatic carbocycles. The summed E-state index contributed by atoms with van der Waals surface area (Å²) in [5, 5.41) is 18.6. The molecular formula is C13H12BrN3O4S. The van der Waals surface area contributed by atoms with Crippen LogP contribution in [0.3, 0.4) is 0 Å². The van der Waals surface area contributed by atoms with Gasteiger partial charge in [-0.15, -0.1) is 5.10 Å². The van der Waals surface area contributed by atoms with Crippen LogP contribution < -0.4 is 10.1 Å². The second kappa shape index (κ2) is 7.41. The summed E-state index contributed by atoms with van der Waals surface area (Å²) in [5.74, 6) is -0.687. The highest BCUT2D eigenvalue weighted by molar-refractivity contribution is 9.10. The van der Waals surface area contributed by atoms with Gasteiger partial charge in [0, 0.05) is 0 Å². The molecule has 2 rings (SSSR count). The molecule has 1 fully saturated rings. The molecule has 22 heavy (non-hydrogen) atoms. The van der Waals surface area contributed by atoms with Gasteiger partial charge in [0.15, 0.2) is 5.17 Å². The molecule has 1 saturated heterocycles. The van der Waals surface area contributed by atoms with E-state index in [9.17, 15) is 9.59 Å². The molecule has 0 aromatic heterocycles. The van der Waals surface area contributed by atoms with E-state index in [2.05, 4.69) is 31.4 Å².